The predicted octanol–water partition coefficient (Wildman–Crippen LogP) is 3.24. The molecule has 0 aromatic heterocycles. The molecule has 1 aliphatic carbocycles. The molecule has 1 aromatic carbocycles. The zero-order chi connectivity index (χ0) is 15.2. The average molecular weight is 291 g/mol. The van der Waals surface area contributed by atoms with Crippen LogP contribution in [0.5, 0.6) is 11.5 Å². The van der Waals surface area contributed by atoms with Crippen LogP contribution in [0.3, 0.4) is 0 Å². The lowest BCUT2D eigenvalue weighted by atomic mass is 9.88. The van der Waals surface area contributed by atoms with Gasteiger partial charge in [-0.05, 0) is 30.5 Å². The van der Waals surface area contributed by atoms with Crippen LogP contribution in [0.15, 0.2) is 18.2 Å². The molecule has 0 atom stereocenters. The van der Waals surface area contributed by atoms with Crippen molar-refractivity contribution in [3.05, 3.63) is 23.8 Å². The van der Waals surface area contributed by atoms with Gasteiger partial charge in [-0.1, -0.05) is 25.3 Å². The monoisotopic (exact) mass is 291 g/mol. The fourth-order valence-electron chi connectivity index (χ4n) is 2.99. The second-order valence-corrected chi connectivity index (χ2v) is 5.72. The maximum atomic E-state index is 12.5. The summed E-state index contributed by atoms with van der Waals surface area (Å²) in [5, 5.41) is 0. The minimum Gasteiger partial charge on any atom is -0.493 e. The Labute approximate surface area is 127 Å². The van der Waals surface area contributed by atoms with Gasteiger partial charge in [-0.15, -0.1) is 0 Å². The molecule has 4 heteroatoms. The summed E-state index contributed by atoms with van der Waals surface area (Å²) in [6, 6.07) is 5.79. The second kappa shape index (κ2) is 7.34. The number of hydrogen-bond acceptors (Lipinski definition) is 3. The summed E-state index contributed by atoms with van der Waals surface area (Å²) in [4.78, 5) is 14.3. The van der Waals surface area contributed by atoms with E-state index in [0.29, 0.717) is 18.0 Å². The Morgan fingerprint density at radius 2 is 1.81 bits per heavy atom. The van der Waals surface area contributed by atoms with E-state index >= 15 is 0 Å². The van der Waals surface area contributed by atoms with Gasteiger partial charge < -0.3 is 14.4 Å². The maximum absolute atomic E-state index is 12.5. The van der Waals surface area contributed by atoms with E-state index in [1.54, 1.807) is 14.2 Å². The van der Waals surface area contributed by atoms with Crippen molar-refractivity contribution in [3.8, 4) is 11.5 Å². The lowest BCUT2D eigenvalue weighted by molar-refractivity contribution is -0.135. The summed E-state index contributed by atoms with van der Waals surface area (Å²) in [5.74, 6) is 1.89. The largest absolute Gasteiger partial charge is 0.493 e. The van der Waals surface area contributed by atoms with Gasteiger partial charge in [0.2, 0.25) is 5.91 Å². The first kappa shape index (κ1) is 15.7. The number of rotatable bonds is 5. The minimum atomic E-state index is 0.212. The zero-order valence-electron chi connectivity index (χ0n) is 13.2. The topological polar surface area (TPSA) is 38.8 Å². The number of amides is 1. The van der Waals surface area contributed by atoms with E-state index < -0.39 is 0 Å². The molecule has 1 amide bonds. The highest BCUT2D eigenvalue weighted by atomic mass is 16.5. The van der Waals surface area contributed by atoms with Gasteiger partial charge in [0.25, 0.3) is 0 Å². The summed E-state index contributed by atoms with van der Waals surface area (Å²) in [5.41, 5.74) is 1.05. The standard InChI is InChI=1S/C17H25NO3/c1-18(17(19)14-7-5-4-6-8-14)12-13-9-10-15(20-2)16(11-13)21-3/h9-11,14H,4-8,12H2,1-3H3. The Balaban J connectivity index is 2.01. The van der Waals surface area contributed by atoms with Crippen molar-refractivity contribution >= 4 is 5.91 Å². The van der Waals surface area contributed by atoms with Crippen molar-refractivity contribution in [2.24, 2.45) is 5.92 Å². The molecule has 2 rings (SSSR count). The second-order valence-electron chi connectivity index (χ2n) is 5.72. The van der Waals surface area contributed by atoms with Crippen LogP contribution >= 0.6 is 0 Å². The van der Waals surface area contributed by atoms with Gasteiger partial charge >= 0.3 is 0 Å². The van der Waals surface area contributed by atoms with Crippen LogP contribution in [0, 0.1) is 5.92 Å². The normalized spacial score (nSPS) is 15.6. The number of carbonyl (C=O) groups is 1. The molecule has 0 spiro atoms. The highest BCUT2D eigenvalue weighted by Crippen LogP contribution is 2.29. The van der Waals surface area contributed by atoms with Gasteiger partial charge in [-0.25, -0.2) is 0 Å². The summed E-state index contributed by atoms with van der Waals surface area (Å²) in [7, 11) is 5.13. The molecule has 0 unspecified atom stereocenters. The Morgan fingerprint density at radius 1 is 1.14 bits per heavy atom. The van der Waals surface area contributed by atoms with Crippen LogP contribution in [-0.2, 0) is 11.3 Å². The Hall–Kier alpha value is -1.71. The molecule has 0 bridgehead atoms. The third-order valence-electron chi connectivity index (χ3n) is 4.20. The van der Waals surface area contributed by atoms with Crippen LogP contribution < -0.4 is 9.47 Å². The van der Waals surface area contributed by atoms with Crippen molar-refractivity contribution in [3.63, 3.8) is 0 Å². The van der Waals surface area contributed by atoms with Gasteiger partial charge in [0.05, 0.1) is 14.2 Å². The van der Waals surface area contributed by atoms with Crippen LogP contribution in [0.1, 0.15) is 37.7 Å². The molecular formula is C17H25NO3. The highest BCUT2D eigenvalue weighted by Gasteiger charge is 2.24. The molecule has 1 saturated carbocycles. The molecule has 4 nitrogen and oxygen atoms in total. The molecule has 1 aromatic rings. The number of methoxy groups -OCH3 is 2. The lowest BCUT2D eigenvalue weighted by Crippen LogP contribution is -2.33. The molecule has 0 N–H and O–H groups in total. The summed E-state index contributed by atoms with van der Waals surface area (Å²) in [6.45, 7) is 0.607. The molecule has 21 heavy (non-hydrogen) atoms. The molecular weight excluding hydrogens is 266 g/mol. The third kappa shape index (κ3) is 3.90. The molecule has 1 aliphatic rings. The molecule has 0 radical (unpaired) electrons. The molecule has 116 valence electrons. The van der Waals surface area contributed by atoms with Gasteiger partial charge in [-0.2, -0.15) is 0 Å². The van der Waals surface area contributed by atoms with Crippen LogP contribution in [0.25, 0.3) is 0 Å². The van der Waals surface area contributed by atoms with Gasteiger partial charge in [-0.3, -0.25) is 4.79 Å². The van der Waals surface area contributed by atoms with Crippen LogP contribution in [-0.4, -0.2) is 32.1 Å². The van der Waals surface area contributed by atoms with E-state index in [9.17, 15) is 4.79 Å². The van der Waals surface area contributed by atoms with Crippen molar-refractivity contribution in [2.75, 3.05) is 21.3 Å². The molecule has 0 saturated heterocycles. The van der Waals surface area contributed by atoms with Crippen molar-refractivity contribution in [1.29, 1.82) is 0 Å². The smallest absolute Gasteiger partial charge is 0.225 e. The third-order valence-corrected chi connectivity index (χ3v) is 4.20. The van der Waals surface area contributed by atoms with E-state index in [0.717, 1.165) is 18.4 Å². The minimum absolute atomic E-state index is 0.212. The molecule has 0 heterocycles. The fraction of sp³-hybridized carbons (Fsp3) is 0.588. The van der Waals surface area contributed by atoms with Gasteiger partial charge in [0.15, 0.2) is 11.5 Å². The number of hydrogen-bond donors (Lipinski definition) is 0. The number of ether oxygens (including phenoxy) is 2. The van der Waals surface area contributed by atoms with Crippen LogP contribution in [0.4, 0.5) is 0 Å². The molecule has 0 aliphatic heterocycles. The van der Waals surface area contributed by atoms with Crippen molar-refractivity contribution in [1.82, 2.24) is 4.90 Å². The average Bonchev–Trinajstić information content (AvgIpc) is 2.54. The van der Waals surface area contributed by atoms with E-state index in [4.69, 9.17) is 9.47 Å². The SMILES string of the molecule is COc1ccc(CN(C)C(=O)C2CCCCC2)cc1OC. The summed E-state index contributed by atoms with van der Waals surface area (Å²) < 4.78 is 10.5. The first-order valence-corrected chi connectivity index (χ1v) is 7.61. The first-order chi connectivity index (χ1) is 10.2. The predicted molar refractivity (Wildman–Crippen MR) is 82.6 cm³/mol. The van der Waals surface area contributed by atoms with Crippen molar-refractivity contribution in [2.45, 2.75) is 38.6 Å². The number of carbonyl (C=O) groups excluding carboxylic acids is 1. The quantitative estimate of drug-likeness (QED) is 0.836. The van der Waals surface area contributed by atoms with E-state index in [2.05, 4.69) is 0 Å². The van der Waals surface area contributed by atoms with Crippen LogP contribution in [0.2, 0.25) is 0 Å². The Kier molecular flexibility index (Phi) is 5.48. The van der Waals surface area contributed by atoms with E-state index in [1.165, 1.54) is 19.3 Å². The summed E-state index contributed by atoms with van der Waals surface area (Å²) in [6.07, 6.45) is 5.70. The Bertz CT molecular complexity index is 481. The Morgan fingerprint density at radius 3 is 2.43 bits per heavy atom. The number of benzene rings is 1. The molecule has 1 fully saturated rings. The van der Waals surface area contributed by atoms with Gasteiger partial charge in [0, 0.05) is 19.5 Å². The highest BCUT2D eigenvalue weighted by molar-refractivity contribution is 5.78. The lowest BCUT2D eigenvalue weighted by Gasteiger charge is -2.26. The van der Waals surface area contributed by atoms with E-state index in [-0.39, 0.29) is 11.8 Å². The van der Waals surface area contributed by atoms with Gasteiger partial charge in [0.1, 0.15) is 0 Å². The maximum Gasteiger partial charge on any atom is 0.225 e. The number of nitrogens with zero attached hydrogens (tertiary/aromatic N) is 1. The summed E-state index contributed by atoms with van der Waals surface area (Å²) >= 11 is 0. The first-order valence-electron chi connectivity index (χ1n) is 7.61. The van der Waals surface area contributed by atoms with Crippen molar-refractivity contribution < 1.29 is 14.3 Å². The zero-order valence-corrected chi connectivity index (χ0v) is 13.2. The fourth-order valence-corrected chi connectivity index (χ4v) is 2.99. The van der Waals surface area contributed by atoms with E-state index in [1.807, 2.05) is 30.1 Å².